The van der Waals surface area contributed by atoms with Crippen molar-refractivity contribution < 1.29 is 64.5 Å². The van der Waals surface area contributed by atoms with E-state index in [-0.39, 0.29) is 0 Å². The van der Waals surface area contributed by atoms with Crippen LogP contribution in [-0.4, -0.2) is 67.1 Å². The molecule has 2 atom stereocenters. The molecule has 8 nitrogen and oxygen atoms in total. The fourth-order valence-electron chi connectivity index (χ4n) is 2.76. The maximum absolute atomic E-state index is 14.7. The minimum atomic E-state index is -6.10. The van der Waals surface area contributed by atoms with Gasteiger partial charge >= 0.3 is 41.6 Å². The van der Waals surface area contributed by atoms with Crippen molar-refractivity contribution in [1.29, 1.82) is 0 Å². The van der Waals surface area contributed by atoms with E-state index in [9.17, 15) is 45.5 Å². The first-order valence-electron chi connectivity index (χ1n) is 11.5. The average Bonchev–Trinajstić information content (AvgIpc) is 2.81. The zero-order valence-corrected chi connectivity index (χ0v) is 21.6. The van der Waals surface area contributed by atoms with Gasteiger partial charge in [-0.25, -0.2) is 19.2 Å². The van der Waals surface area contributed by atoms with Crippen LogP contribution in [0.15, 0.2) is 48.6 Å². The molecule has 0 amide bonds. The molecule has 0 aromatic carbocycles. The Kier molecular flexibility index (Phi) is 14.9. The first-order valence-corrected chi connectivity index (χ1v) is 11.5. The SMILES string of the molecule is CC=CC(=O)OCC(CC(F)(F)C(F)(F)C(F)(F)CC(COC(=O)C=CC)OC(=O)C=CC)OC(=O)C=CC. The molecule has 2 unspecified atom stereocenters. The molecule has 0 aliphatic rings. The summed E-state index contributed by atoms with van der Waals surface area (Å²) in [6, 6.07) is 0. The quantitative estimate of drug-likeness (QED) is 0.112. The number of allylic oxidation sites excluding steroid dienone is 4. The van der Waals surface area contributed by atoms with Gasteiger partial charge in [0.25, 0.3) is 0 Å². The molecule has 0 bridgehead atoms. The van der Waals surface area contributed by atoms with Gasteiger partial charge in [-0.2, -0.15) is 26.3 Å². The highest BCUT2D eigenvalue weighted by atomic mass is 19.3. The van der Waals surface area contributed by atoms with Crippen molar-refractivity contribution in [2.75, 3.05) is 13.2 Å². The second-order valence-electron chi connectivity index (χ2n) is 7.77. The number of hydrogen-bond donors (Lipinski definition) is 0. The third kappa shape index (κ3) is 12.2. The third-order valence-electron chi connectivity index (χ3n) is 4.49. The van der Waals surface area contributed by atoms with Crippen LogP contribution in [-0.2, 0) is 38.1 Å². The normalized spacial score (nSPS) is 14.6. The monoisotopic (exact) mass is 572 g/mol. The summed E-state index contributed by atoms with van der Waals surface area (Å²) in [5.41, 5.74) is 0. The van der Waals surface area contributed by atoms with Crippen molar-refractivity contribution in [2.45, 2.75) is 70.5 Å². The maximum Gasteiger partial charge on any atom is 0.372 e. The number of carbonyl (C=O) groups is 4. The molecule has 0 fully saturated rings. The second-order valence-corrected chi connectivity index (χ2v) is 7.77. The number of esters is 4. The van der Waals surface area contributed by atoms with E-state index in [1.165, 1.54) is 39.8 Å². The second kappa shape index (κ2) is 16.4. The van der Waals surface area contributed by atoms with Crippen LogP contribution in [0.3, 0.4) is 0 Å². The van der Waals surface area contributed by atoms with Crippen LogP contribution in [0.2, 0.25) is 0 Å². The summed E-state index contributed by atoms with van der Waals surface area (Å²) in [7, 11) is 0. The van der Waals surface area contributed by atoms with E-state index >= 15 is 0 Å². The van der Waals surface area contributed by atoms with Crippen molar-refractivity contribution >= 4 is 23.9 Å². The number of hydrogen-bond acceptors (Lipinski definition) is 8. The summed E-state index contributed by atoms with van der Waals surface area (Å²) in [5.74, 6) is -21.9. The van der Waals surface area contributed by atoms with Crippen LogP contribution >= 0.6 is 0 Å². The molecule has 0 aromatic rings. The average molecular weight is 572 g/mol. The molecular formula is C25H30F6O8. The lowest BCUT2D eigenvalue weighted by Gasteiger charge is -2.35. The van der Waals surface area contributed by atoms with Gasteiger partial charge in [-0.1, -0.05) is 24.3 Å². The van der Waals surface area contributed by atoms with E-state index in [1.807, 2.05) is 0 Å². The number of halogens is 6. The van der Waals surface area contributed by atoms with E-state index in [4.69, 9.17) is 0 Å². The highest BCUT2D eigenvalue weighted by Crippen LogP contribution is 2.50. The van der Waals surface area contributed by atoms with Gasteiger partial charge in [-0.05, 0) is 27.7 Å². The Morgan fingerprint density at radius 3 is 1.13 bits per heavy atom. The highest BCUT2D eigenvalue weighted by Gasteiger charge is 2.72. The molecule has 0 radical (unpaired) electrons. The van der Waals surface area contributed by atoms with Gasteiger partial charge in [0.15, 0.2) is 0 Å². The van der Waals surface area contributed by atoms with Gasteiger partial charge < -0.3 is 18.9 Å². The van der Waals surface area contributed by atoms with Crippen LogP contribution < -0.4 is 0 Å². The lowest BCUT2D eigenvalue weighted by atomic mass is 9.95. The smallest absolute Gasteiger partial charge is 0.372 e. The minimum absolute atomic E-state index is 0.740. The van der Waals surface area contributed by atoms with Crippen LogP contribution in [0.1, 0.15) is 40.5 Å². The standard InChI is InChI=1S/C25H30F6O8/c1-5-9-19(32)36-15-17(38-21(34)11-7-3)13-23(26,27)25(30,31)24(28,29)14-18(39-22(35)12-8-4)16-37-20(33)10-6-2/h5-12,17-18H,13-16H2,1-4H3. The molecule has 0 N–H and O–H groups in total. The summed E-state index contributed by atoms with van der Waals surface area (Å²) >= 11 is 0. The largest absolute Gasteiger partial charge is 0.459 e. The number of alkyl halides is 6. The molecule has 0 heterocycles. The molecule has 0 saturated carbocycles. The van der Waals surface area contributed by atoms with Gasteiger partial charge in [0, 0.05) is 24.3 Å². The van der Waals surface area contributed by atoms with E-state index in [2.05, 4.69) is 18.9 Å². The molecule has 0 aliphatic heterocycles. The summed E-state index contributed by atoms with van der Waals surface area (Å²) in [6.45, 7) is 3.22. The number of ether oxygens (including phenoxy) is 4. The van der Waals surface area contributed by atoms with Crippen molar-refractivity contribution in [2.24, 2.45) is 0 Å². The molecule has 39 heavy (non-hydrogen) atoms. The van der Waals surface area contributed by atoms with Gasteiger partial charge in [0.1, 0.15) is 25.4 Å². The van der Waals surface area contributed by atoms with Crippen molar-refractivity contribution in [3.8, 4) is 0 Å². The molecular weight excluding hydrogens is 542 g/mol. The molecule has 14 heteroatoms. The van der Waals surface area contributed by atoms with Crippen molar-refractivity contribution in [1.82, 2.24) is 0 Å². The Bertz CT molecular complexity index is 882. The summed E-state index contributed by atoms with van der Waals surface area (Å²) in [6.07, 6.45) is -0.960. The predicted octanol–water partition coefficient (Wildman–Crippen LogP) is 4.89. The summed E-state index contributed by atoms with van der Waals surface area (Å²) < 4.78 is 106. The van der Waals surface area contributed by atoms with Crippen molar-refractivity contribution in [3.05, 3.63) is 48.6 Å². The number of carbonyl (C=O) groups excluding carboxylic acids is 4. The molecule has 0 rings (SSSR count). The first kappa shape index (κ1) is 35.4. The maximum atomic E-state index is 14.7. The lowest BCUT2D eigenvalue weighted by Crippen LogP contribution is -2.57. The van der Waals surface area contributed by atoms with Crippen LogP contribution in [0.5, 0.6) is 0 Å². The summed E-state index contributed by atoms with van der Waals surface area (Å²) in [4.78, 5) is 46.3. The molecule has 220 valence electrons. The predicted molar refractivity (Wildman–Crippen MR) is 125 cm³/mol. The fourth-order valence-corrected chi connectivity index (χ4v) is 2.76. The molecule has 0 saturated heterocycles. The van der Waals surface area contributed by atoms with Crippen LogP contribution in [0.4, 0.5) is 26.3 Å². The van der Waals surface area contributed by atoms with Gasteiger partial charge in [-0.15, -0.1) is 0 Å². The molecule has 0 aromatic heterocycles. The van der Waals surface area contributed by atoms with Crippen LogP contribution in [0.25, 0.3) is 0 Å². The Balaban J connectivity index is 5.97. The summed E-state index contributed by atoms with van der Waals surface area (Å²) in [5, 5.41) is 0. The van der Waals surface area contributed by atoms with Crippen molar-refractivity contribution in [3.63, 3.8) is 0 Å². The van der Waals surface area contributed by atoms with Gasteiger partial charge in [-0.3, -0.25) is 0 Å². The van der Waals surface area contributed by atoms with Crippen LogP contribution in [0, 0.1) is 0 Å². The zero-order valence-electron chi connectivity index (χ0n) is 21.6. The van der Waals surface area contributed by atoms with E-state index in [0.29, 0.717) is 0 Å². The topological polar surface area (TPSA) is 105 Å². The highest BCUT2D eigenvalue weighted by molar-refractivity contribution is 5.83. The Labute approximate surface area is 221 Å². The molecule has 0 spiro atoms. The molecule has 0 aliphatic carbocycles. The zero-order chi connectivity index (χ0) is 30.3. The Morgan fingerprint density at radius 2 is 0.846 bits per heavy atom. The van der Waals surface area contributed by atoms with E-state index < -0.39 is 79.9 Å². The third-order valence-corrected chi connectivity index (χ3v) is 4.49. The van der Waals surface area contributed by atoms with E-state index in [0.717, 1.165) is 36.5 Å². The lowest BCUT2D eigenvalue weighted by molar-refractivity contribution is -0.321. The Hall–Kier alpha value is -3.58. The first-order chi connectivity index (χ1) is 18.1. The van der Waals surface area contributed by atoms with E-state index in [1.54, 1.807) is 0 Å². The minimum Gasteiger partial charge on any atom is -0.459 e. The van der Waals surface area contributed by atoms with Gasteiger partial charge in [0.05, 0.1) is 12.8 Å². The van der Waals surface area contributed by atoms with Gasteiger partial charge in [0.2, 0.25) is 0 Å². The number of rotatable bonds is 16. The fraction of sp³-hybridized carbons (Fsp3) is 0.520. The Morgan fingerprint density at radius 1 is 0.564 bits per heavy atom.